The van der Waals surface area contributed by atoms with Crippen molar-refractivity contribution in [1.29, 1.82) is 0 Å². The van der Waals surface area contributed by atoms with Gasteiger partial charge in [0, 0.05) is 6.20 Å². The largest absolute Gasteiger partial charge is 0.462 e. The van der Waals surface area contributed by atoms with Crippen LogP contribution in [0.3, 0.4) is 0 Å². The van der Waals surface area contributed by atoms with E-state index < -0.39 is 42.6 Å². The van der Waals surface area contributed by atoms with Crippen molar-refractivity contribution < 1.29 is 33.0 Å². The molecule has 144 valence electrons. The maximum atomic E-state index is 14.3. The molecule has 0 amide bonds. The lowest BCUT2D eigenvalue weighted by molar-refractivity contribution is -0.147. The van der Waals surface area contributed by atoms with E-state index in [-0.39, 0.29) is 23.1 Å². The molecule has 1 aliphatic heterocycles. The Bertz CT molecular complexity index is 744. The normalized spacial score (nSPS) is 24.4. The molecular weight excluding hydrogens is 376 g/mol. The van der Waals surface area contributed by atoms with Crippen LogP contribution in [0.1, 0.15) is 13.2 Å². The lowest BCUT2D eigenvalue weighted by Gasteiger charge is -2.20. The Morgan fingerprint density at radius 2 is 2.19 bits per heavy atom. The number of halogens is 2. The number of aliphatic hydroxyl groups excluding tert-OH is 1. The molecule has 9 nitrogen and oxygen atoms in total. The van der Waals surface area contributed by atoms with Crippen molar-refractivity contribution in [2.75, 3.05) is 23.8 Å². The fourth-order valence-corrected chi connectivity index (χ4v) is 2.84. The quantitative estimate of drug-likeness (QED) is 0.593. The zero-order valence-corrected chi connectivity index (χ0v) is 14.4. The minimum atomic E-state index is -3.82. The van der Waals surface area contributed by atoms with E-state index in [1.165, 1.54) is 6.92 Å². The Hall–Kier alpha value is -2.05. The van der Waals surface area contributed by atoms with Gasteiger partial charge in [0.1, 0.15) is 24.3 Å². The molecular formula is C14H17F2N3O6S. The number of Topliss-reactive ketones (excluding diaryl/α,β-unsaturated/α-hetero) is 1. The van der Waals surface area contributed by atoms with E-state index in [1.807, 2.05) is 0 Å². The summed E-state index contributed by atoms with van der Waals surface area (Å²) < 4.78 is 38.8. The number of nitrogens with zero attached hydrogens (tertiary/aromatic N) is 2. The number of hydrogen-bond donors (Lipinski definition) is 2. The number of nitrogens with two attached hydrogens (primary N) is 1. The fourth-order valence-electron chi connectivity index (χ4n) is 2.21. The van der Waals surface area contributed by atoms with Gasteiger partial charge in [0.15, 0.2) is 6.10 Å². The molecule has 1 aromatic heterocycles. The fraction of sp³-hybridized carbons (Fsp3) is 0.571. The molecule has 3 N–H and O–H groups in total. The van der Waals surface area contributed by atoms with Crippen LogP contribution in [0.25, 0.3) is 0 Å². The molecule has 0 aromatic carbocycles. The van der Waals surface area contributed by atoms with E-state index in [2.05, 4.69) is 4.98 Å². The van der Waals surface area contributed by atoms with Gasteiger partial charge in [-0.1, -0.05) is 0 Å². The molecule has 2 heterocycles. The standard InChI is InChI=1S/C14H17F2N3O6S/c1-7(20)5-26-6-10(21)24-4-8-11(22)14(15,16)12(25-8)19-3-2-9(17)18-13(19)23/h2-3,8,11-12,22H,4-6H2,1H3,(H2,17,18,23)/t8-,11?,12-/m1/s1. The van der Waals surface area contributed by atoms with Gasteiger partial charge in [0.05, 0.1) is 11.5 Å². The van der Waals surface area contributed by atoms with E-state index in [0.717, 1.165) is 24.0 Å². The molecule has 26 heavy (non-hydrogen) atoms. The zero-order chi connectivity index (χ0) is 19.5. The van der Waals surface area contributed by atoms with Crippen LogP contribution in [0.5, 0.6) is 0 Å². The van der Waals surface area contributed by atoms with E-state index in [4.69, 9.17) is 15.2 Å². The van der Waals surface area contributed by atoms with Crippen molar-refractivity contribution >= 4 is 29.3 Å². The summed E-state index contributed by atoms with van der Waals surface area (Å²) in [6.07, 6.45) is -4.98. The second-order valence-electron chi connectivity index (χ2n) is 5.57. The van der Waals surface area contributed by atoms with Crippen LogP contribution in [0, 0.1) is 0 Å². The molecule has 1 aromatic rings. The SMILES string of the molecule is CC(=O)CSCC(=O)OC[C@H]1O[C@@H](n2ccc(N)nc2=O)C(F)(F)C1O. The van der Waals surface area contributed by atoms with Crippen molar-refractivity contribution in [3.63, 3.8) is 0 Å². The number of thioether (sulfide) groups is 1. The Morgan fingerprint density at radius 1 is 1.50 bits per heavy atom. The number of aromatic nitrogens is 2. The number of carbonyl (C=O) groups is 2. The maximum absolute atomic E-state index is 14.3. The van der Waals surface area contributed by atoms with E-state index in [1.54, 1.807) is 0 Å². The first-order valence-corrected chi connectivity index (χ1v) is 8.57. The number of hydrogen-bond acceptors (Lipinski definition) is 9. The summed E-state index contributed by atoms with van der Waals surface area (Å²) >= 11 is 1.01. The lowest BCUT2D eigenvalue weighted by atomic mass is 10.1. The summed E-state index contributed by atoms with van der Waals surface area (Å²) in [6, 6.07) is 1.13. The highest BCUT2D eigenvalue weighted by Crippen LogP contribution is 2.42. The van der Waals surface area contributed by atoms with Gasteiger partial charge in [-0.3, -0.25) is 14.2 Å². The maximum Gasteiger partial charge on any atom is 0.351 e. The summed E-state index contributed by atoms with van der Waals surface area (Å²) in [4.78, 5) is 37.4. The van der Waals surface area contributed by atoms with Crippen molar-refractivity contribution in [3.8, 4) is 0 Å². The van der Waals surface area contributed by atoms with Gasteiger partial charge in [0.2, 0.25) is 6.23 Å². The van der Waals surface area contributed by atoms with Crippen LogP contribution < -0.4 is 11.4 Å². The average Bonchev–Trinajstić information content (AvgIpc) is 2.76. The van der Waals surface area contributed by atoms with Crippen molar-refractivity contribution in [3.05, 3.63) is 22.7 Å². The van der Waals surface area contributed by atoms with Gasteiger partial charge in [-0.15, -0.1) is 11.8 Å². The first-order valence-electron chi connectivity index (χ1n) is 7.41. The van der Waals surface area contributed by atoms with Gasteiger partial charge in [-0.2, -0.15) is 13.8 Å². The average molecular weight is 393 g/mol. The Balaban J connectivity index is 2.00. The third kappa shape index (κ3) is 4.56. The molecule has 0 bridgehead atoms. The molecule has 12 heteroatoms. The highest BCUT2D eigenvalue weighted by molar-refractivity contribution is 8.00. The number of aliphatic hydroxyl groups is 1. The Kier molecular flexibility index (Phi) is 6.31. The van der Waals surface area contributed by atoms with Gasteiger partial charge in [-0.25, -0.2) is 4.79 Å². The van der Waals surface area contributed by atoms with Crippen LogP contribution in [-0.2, 0) is 19.1 Å². The number of anilines is 1. The van der Waals surface area contributed by atoms with Crippen LogP contribution in [0.4, 0.5) is 14.6 Å². The molecule has 3 atom stereocenters. The number of rotatable bonds is 7. The number of esters is 1. The second-order valence-corrected chi connectivity index (χ2v) is 6.55. The zero-order valence-electron chi connectivity index (χ0n) is 13.6. The molecule has 1 saturated heterocycles. The summed E-state index contributed by atoms with van der Waals surface area (Å²) in [7, 11) is 0. The van der Waals surface area contributed by atoms with E-state index >= 15 is 0 Å². The lowest BCUT2D eigenvalue weighted by Crippen LogP contribution is -2.42. The van der Waals surface area contributed by atoms with Gasteiger partial charge >= 0.3 is 17.6 Å². The molecule has 0 radical (unpaired) electrons. The predicted molar refractivity (Wildman–Crippen MR) is 86.7 cm³/mol. The Morgan fingerprint density at radius 3 is 2.81 bits per heavy atom. The summed E-state index contributed by atoms with van der Waals surface area (Å²) in [5.41, 5.74) is 4.24. The molecule has 0 aliphatic carbocycles. The Labute approximate surface area is 150 Å². The predicted octanol–water partition coefficient (Wildman–Crippen LogP) is -0.416. The topological polar surface area (TPSA) is 134 Å². The van der Waals surface area contributed by atoms with Crippen molar-refractivity contribution in [1.82, 2.24) is 9.55 Å². The molecule has 1 aliphatic rings. The van der Waals surface area contributed by atoms with E-state index in [9.17, 15) is 28.3 Å². The highest BCUT2D eigenvalue weighted by Gasteiger charge is 2.60. The molecule has 0 spiro atoms. The number of alkyl halides is 2. The molecule has 1 unspecified atom stereocenters. The summed E-state index contributed by atoms with van der Waals surface area (Å²) in [5.74, 6) is -4.87. The molecule has 2 rings (SSSR count). The van der Waals surface area contributed by atoms with Gasteiger partial charge < -0.3 is 20.3 Å². The van der Waals surface area contributed by atoms with Crippen LogP contribution in [-0.4, -0.2) is 62.7 Å². The van der Waals surface area contributed by atoms with Crippen molar-refractivity contribution in [2.45, 2.75) is 31.3 Å². The van der Waals surface area contributed by atoms with Crippen LogP contribution in [0.15, 0.2) is 17.1 Å². The highest BCUT2D eigenvalue weighted by atomic mass is 32.2. The minimum absolute atomic E-state index is 0.116. The summed E-state index contributed by atoms with van der Waals surface area (Å²) in [6.45, 7) is 0.723. The monoisotopic (exact) mass is 393 g/mol. The van der Waals surface area contributed by atoms with Gasteiger partial charge in [-0.05, 0) is 13.0 Å². The second kappa shape index (κ2) is 8.10. The number of ketones is 1. The first kappa shape index (κ1) is 20.3. The first-order chi connectivity index (χ1) is 12.1. The third-order valence-electron chi connectivity index (χ3n) is 3.42. The number of nitrogen functional groups attached to an aromatic ring is 1. The summed E-state index contributed by atoms with van der Waals surface area (Å²) in [5, 5.41) is 9.78. The minimum Gasteiger partial charge on any atom is -0.462 e. The van der Waals surface area contributed by atoms with Crippen LogP contribution >= 0.6 is 11.8 Å². The molecule has 1 fully saturated rings. The van der Waals surface area contributed by atoms with Crippen LogP contribution in [0.2, 0.25) is 0 Å². The van der Waals surface area contributed by atoms with E-state index in [0.29, 0.717) is 4.57 Å². The number of carbonyl (C=O) groups excluding carboxylic acids is 2. The third-order valence-corrected chi connectivity index (χ3v) is 4.47. The smallest absolute Gasteiger partial charge is 0.351 e. The number of ether oxygens (including phenoxy) is 2. The van der Waals surface area contributed by atoms with Gasteiger partial charge in [0.25, 0.3) is 0 Å². The molecule has 0 saturated carbocycles. The van der Waals surface area contributed by atoms with Crippen molar-refractivity contribution in [2.24, 2.45) is 0 Å².